The first-order chi connectivity index (χ1) is 11.5. The molecule has 1 atom stereocenters. The number of carboxylic acid groups (broad SMARTS) is 1. The van der Waals surface area contributed by atoms with Crippen LogP contribution in [0.15, 0.2) is 24.3 Å². The summed E-state index contributed by atoms with van der Waals surface area (Å²) in [4.78, 5) is 25.2. The summed E-state index contributed by atoms with van der Waals surface area (Å²) in [5.74, 6) is 0.129. The zero-order chi connectivity index (χ0) is 17.6. The topological polar surface area (TPSA) is 85.3 Å². The lowest BCUT2D eigenvalue weighted by Gasteiger charge is -2.23. The average molecular weight is 337 g/mol. The molecule has 0 saturated carbocycles. The Morgan fingerprint density at radius 3 is 2.38 bits per heavy atom. The molecule has 1 unspecified atom stereocenters. The van der Waals surface area contributed by atoms with Gasteiger partial charge in [0.2, 0.25) is 0 Å². The van der Waals surface area contributed by atoms with Crippen molar-refractivity contribution in [1.29, 1.82) is 0 Å². The van der Waals surface area contributed by atoms with Gasteiger partial charge in [0.15, 0.2) is 6.61 Å². The molecule has 132 valence electrons. The van der Waals surface area contributed by atoms with Gasteiger partial charge >= 0.3 is 5.97 Å². The van der Waals surface area contributed by atoms with Crippen LogP contribution in [0.25, 0.3) is 0 Å². The number of rotatable bonds is 8. The number of likely N-dealkylation sites (tertiary alicyclic amines) is 1. The van der Waals surface area contributed by atoms with Gasteiger partial charge in [-0.25, -0.2) is 0 Å². The monoisotopic (exact) mass is 337 g/mol. The number of nitrogens with zero attached hydrogens (tertiary/aromatic N) is 1. The van der Waals surface area contributed by atoms with Crippen LogP contribution in [-0.2, 0) is 14.3 Å². The van der Waals surface area contributed by atoms with Crippen LogP contribution in [0.4, 0.5) is 0 Å². The van der Waals surface area contributed by atoms with Gasteiger partial charge in [0.05, 0.1) is 13.2 Å². The number of hydrogen-bond acceptors (Lipinski definition) is 5. The number of carbonyl (C=O) groups excluding carboxylic acids is 1. The number of benzene rings is 1. The van der Waals surface area contributed by atoms with Gasteiger partial charge in [0.25, 0.3) is 5.91 Å². The van der Waals surface area contributed by atoms with Crippen molar-refractivity contribution in [2.45, 2.75) is 13.3 Å². The van der Waals surface area contributed by atoms with Crippen molar-refractivity contribution in [2.24, 2.45) is 5.41 Å². The Hall–Kier alpha value is -2.28. The summed E-state index contributed by atoms with van der Waals surface area (Å²) in [5, 5.41) is 9.41. The maximum Gasteiger partial charge on any atom is 0.313 e. The quantitative estimate of drug-likeness (QED) is 0.772. The van der Waals surface area contributed by atoms with Crippen LogP contribution in [0.2, 0.25) is 0 Å². The standard InChI is InChI=1S/C17H23NO6/c1-3-23-13-4-6-14(7-5-13)24-10-15(19)18-9-8-17(11-18,12-22-2)16(20)21/h4-7H,3,8-12H2,1-2H3,(H,20,21). The average Bonchev–Trinajstić information content (AvgIpc) is 3.00. The lowest BCUT2D eigenvalue weighted by Crippen LogP contribution is -2.41. The molecule has 7 heteroatoms. The molecule has 0 radical (unpaired) electrons. The molecule has 1 aromatic rings. The molecule has 1 aliphatic heterocycles. The normalized spacial score (nSPS) is 20.0. The van der Waals surface area contributed by atoms with E-state index in [0.29, 0.717) is 25.3 Å². The van der Waals surface area contributed by atoms with Crippen LogP contribution in [0, 0.1) is 5.41 Å². The molecule has 2 rings (SSSR count). The predicted molar refractivity (Wildman–Crippen MR) is 86.2 cm³/mol. The van der Waals surface area contributed by atoms with Gasteiger partial charge in [-0.2, -0.15) is 0 Å². The van der Waals surface area contributed by atoms with E-state index in [1.165, 1.54) is 12.0 Å². The minimum absolute atomic E-state index is 0.0891. The van der Waals surface area contributed by atoms with Crippen molar-refractivity contribution in [3.05, 3.63) is 24.3 Å². The highest BCUT2D eigenvalue weighted by atomic mass is 16.5. The van der Waals surface area contributed by atoms with Crippen molar-refractivity contribution in [3.63, 3.8) is 0 Å². The van der Waals surface area contributed by atoms with Gasteiger partial charge in [0, 0.05) is 20.2 Å². The summed E-state index contributed by atoms with van der Waals surface area (Å²) >= 11 is 0. The van der Waals surface area contributed by atoms with Crippen molar-refractivity contribution < 1.29 is 28.9 Å². The molecule has 1 amide bonds. The molecule has 0 spiro atoms. The number of hydrogen-bond donors (Lipinski definition) is 1. The van der Waals surface area contributed by atoms with E-state index < -0.39 is 11.4 Å². The molecule has 24 heavy (non-hydrogen) atoms. The Morgan fingerprint density at radius 1 is 1.21 bits per heavy atom. The molecule has 1 saturated heterocycles. The molecule has 7 nitrogen and oxygen atoms in total. The lowest BCUT2D eigenvalue weighted by atomic mass is 9.88. The zero-order valence-corrected chi connectivity index (χ0v) is 14.0. The van der Waals surface area contributed by atoms with E-state index in [9.17, 15) is 14.7 Å². The maximum atomic E-state index is 12.2. The van der Waals surface area contributed by atoms with Gasteiger partial charge in [0.1, 0.15) is 16.9 Å². The number of ether oxygens (including phenoxy) is 3. The second-order valence-corrected chi connectivity index (χ2v) is 5.78. The largest absolute Gasteiger partial charge is 0.494 e. The minimum atomic E-state index is -1.02. The Morgan fingerprint density at radius 2 is 1.83 bits per heavy atom. The van der Waals surface area contributed by atoms with E-state index in [0.717, 1.165) is 5.75 Å². The molecule has 1 aliphatic rings. The second-order valence-electron chi connectivity index (χ2n) is 5.78. The summed E-state index contributed by atoms with van der Waals surface area (Å²) in [6.07, 6.45) is 0.380. The highest BCUT2D eigenvalue weighted by Gasteiger charge is 2.46. The summed E-state index contributed by atoms with van der Waals surface area (Å²) < 4.78 is 15.8. The summed E-state index contributed by atoms with van der Waals surface area (Å²) in [5.41, 5.74) is -1.02. The third-order valence-electron chi connectivity index (χ3n) is 4.08. The Labute approximate surface area is 141 Å². The van der Waals surface area contributed by atoms with Crippen LogP contribution >= 0.6 is 0 Å². The van der Waals surface area contributed by atoms with Gasteiger partial charge in [-0.1, -0.05) is 0 Å². The van der Waals surface area contributed by atoms with Crippen LogP contribution in [0.3, 0.4) is 0 Å². The van der Waals surface area contributed by atoms with Gasteiger partial charge in [-0.05, 0) is 37.6 Å². The summed E-state index contributed by atoms with van der Waals surface area (Å²) in [6.45, 7) is 2.98. The zero-order valence-electron chi connectivity index (χ0n) is 14.0. The first-order valence-electron chi connectivity index (χ1n) is 7.86. The molecule has 1 aromatic carbocycles. The van der Waals surface area contributed by atoms with Crippen LogP contribution < -0.4 is 9.47 Å². The smallest absolute Gasteiger partial charge is 0.313 e. The Balaban J connectivity index is 1.88. The van der Waals surface area contributed by atoms with Crippen LogP contribution in [0.5, 0.6) is 11.5 Å². The fourth-order valence-electron chi connectivity index (χ4n) is 2.75. The van der Waals surface area contributed by atoms with E-state index in [1.54, 1.807) is 24.3 Å². The Bertz CT molecular complexity index is 573. The Kier molecular flexibility index (Phi) is 6.03. The number of carbonyl (C=O) groups is 2. The third kappa shape index (κ3) is 4.17. The molecule has 0 aromatic heterocycles. The maximum absolute atomic E-state index is 12.2. The predicted octanol–water partition coefficient (Wildman–Crippen LogP) is 1.41. The molecule has 1 N–H and O–H groups in total. The number of aliphatic carboxylic acids is 1. The van der Waals surface area contributed by atoms with E-state index in [2.05, 4.69) is 0 Å². The van der Waals surface area contributed by atoms with Crippen molar-refractivity contribution in [3.8, 4) is 11.5 Å². The van der Waals surface area contributed by atoms with E-state index in [1.807, 2.05) is 6.92 Å². The molecule has 1 heterocycles. The fraction of sp³-hybridized carbons (Fsp3) is 0.529. The lowest BCUT2D eigenvalue weighted by molar-refractivity contribution is -0.151. The van der Waals surface area contributed by atoms with Gasteiger partial charge < -0.3 is 24.2 Å². The van der Waals surface area contributed by atoms with Gasteiger partial charge in [-0.3, -0.25) is 9.59 Å². The molecule has 0 aliphatic carbocycles. The second kappa shape index (κ2) is 8.01. The molecule has 0 bridgehead atoms. The highest BCUT2D eigenvalue weighted by molar-refractivity contribution is 5.81. The molecular weight excluding hydrogens is 314 g/mol. The number of amides is 1. The molecular formula is C17H23NO6. The first kappa shape index (κ1) is 18.1. The minimum Gasteiger partial charge on any atom is -0.494 e. The summed E-state index contributed by atoms with van der Waals surface area (Å²) in [6, 6.07) is 7.00. The summed E-state index contributed by atoms with van der Waals surface area (Å²) in [7, 11) is 1.46. The van der Waals surface area contributed by atoms with E-state index in [4.69, 9.17) is 14.2 Å². The molecule has 1 fully saturated rings. The van der Waals surface area contributed by atoms with Gasteiger partial charge in [-0.15, -0.1) is 0 Å². The number of methoxy groups -OCH3 is 1. The van der Waals surface area contributed by atoms with Crippen molar-refractivity contribution in [2.75, 3.05) is 40.0 Å². The van der Waals surface area contributed by atoms with E-state index >= 15 is 0 Å². The van der Waals surface area contributed by atoms with Crippen molar-refractivity contribution >= 4 is 11.9 Å². The van der Waals surface area contributed by atoms with Crippen molar-refractivity contribution in [1.82, 2.24) is 4.90 Å². The SMILES string of the molecule is CCOc1ccc(OCC(=O)N2CCC(COC)(C(=O)O)C2)cc1. The van der Waals surface area contributed by atoms with Crippen LogP contribution in [0.1, 0.15) is 13.3 Å². The van der Waals surface area contributed by atoms with Crippen LogP contribution in [-0.4, -0.2) is 61.9 Å². The number of carboxylic acids is 1. The van der Waals surface area contributed by atoms with E-state index in [-0.39, 0.29) is 25.7 Å². The fourth-order valence-corrected chi connectivity index (χ4v) is 2.75. The first-order valence-corrected chi connectivity index (χ1v) is 7.86. The highest BCUT2D eigenvalue weighted by Crippen LogP contribution is 2.31. The third-order valence-corrected chi connectivity index (χ3v) is 4.08.